The van der Waals surface area contributed by atoms with Gasteiger partial charge in [-0.15, -0.1) is 10.2 Å². The highest BCUT2D eigenvalue weighted by molar-refractivity contribution is 9.10. The normalized spacial score (nSPS) is 10.9. The molecular weight excluding hydrogens is 377 g/mol. The van der Waals surface area contributed by atoms with Gasteiger partial charge in [0.25, 0.3) is 0 Å². The highest BCUT2D eigenvalue weighted by atomic mass is 79.9. The summed E-state index contributed by atoms with van der Waals surface area (Å²) in [5.74, 6) is 1.21. The first kappa shape index (κ1) is 16.2. The lowest BCUT2D eigenvalue weighted by Crippen LogP contribution is -2.00. The van der Waals surface area contributed by atoms with Gasteiger partial charge in [-0.3, -0.25) is 0 Å². The molecule has 0 fully saturated rings. The topological polar surface area (TPSA) is 30.7 Å². The van der Waals surface area contributed by atoms with Gasteiger partial charge in [-0.25, -0.2) is 4.39 Å². The maximum Gasteiger partial charge on any atom is 0.191 e. The minimum atomic E-state index is -0.210. The second kappa shape index (κ2) is 7.27. The fourth-order valence-corrected chi connectivity index (χ4v) is 3.43. The third-order valence-electron chi connectivity index (χ3n) is 3.50. The molecule has 0 saturated carbocycles. The molecule has 3 nitrogen and oxygen atoms in total. The number of nitrogens with zero attached hydrogens (tertiary/aromatic N) is 3. The molecule has 0 radical (unpaired) electrons. The smallest absolute Gasteiger partial charge is 0.191 e. The van der Waals surface area contributed by atoms with Crippen LogP contribution >= 0.6 is 27.7 Å². The van der Waals surface area contributed by atoms with Crippen LogP contribution in [0.2, 0.25) is 0 Å². The third kappa shape index (κ3) is 4.00. The summed E-state index contributed by atoms with van der Waals surface area (Å²) in [4.78, 5) is 0. The van der Waals surface area contributed by atoms with Gasteiger partial charge in [-0.2, -0.15) is 0 Å². The van der Waals surface area contributed by atoms with Crippen molar-refractivity contribution in [3.63, 3.8) is 0 Å². The molecule has 0 aliphatic rings. The highest BCUT2D eigenvalue weighted by Crippen LogP contribution is 2.24. The summed E-state index contributed by atoms with van der Waals surface area (Å²) in [6, 6.07) is 15.3. The van der Waals surface area contributed by atoms with Gasteiger partial charge in [-0.1, -0.05) is 64.1 Å². The van der Waals surface area contributed by atoms with Crippen LogP contribution in [-0.2, 0) is 19.2 Å². The summed E-state index contributed by atoms with van der Waals surface area (Å²) < 4.78 is 16.6. The standard InChI is InChI=1S/C17H15BrFN3S/c1-22-16(9-12-5-3-2-4-6-12)20-21-17(22)23-11-13-7-8-14(18)10-15(13)19/h2-8,10H,9,11H2,1H3. The predicted octanol–water partition coefficient (Wildman–Crippen LogP) is 4.60. The van der Waals surface area contributed by atoms with E-state index in [1.807, 2.05) is 35.9 Å². The van der Waals surface area contributed by atoms with E-state index in [2.05, 4.69) is 38.3 Å². The number of halogens is 2. The van der Waals surface area contributed by atoms with Crippen molar-refractivity contribution in [3.8, 4) is 0 Å². The summed E-state index contributed by atoms with van der Waals surface area (Å²) in [6.07, 6.45) is 0.734. The molecule has 3 aromatic rings. The number of benzene rings is 2. The van der Waals surface area contributed by atoms with Crippen molar-refractivity contribution in [2.75, 3.05) is 0 Å². The lowest BCUT2D eigenvalue weighted by Gasteiger charge is -2.05. The number of rotatable bonds is 5. The molecule has 1 aromatic heterocycles. The summed E-state index contributed by atoms with van der Waals surface area (Å²) in [6.45, 7) is 0. The molecule has 2 aromatic carbocycles. The molecule has 0 bridgehead atoms. The third-order valence-corrected chi connectivity index (χ3v) is 5.06. The highest BCUT2D eigenvalue weighted by Gasteiger charge is 2.11. The van der Waals surface area contributed by atoms with Crippen molar-refractivity contribution >= 4 is 27.7 Å². The Kier molecular flexibility index (Phi) is 5.13. The lowest BCUT2D eigenvalue weighted by molar-refractivity contribution is 0.616. The van der Waals surface area contributed by atoms with E-state index in [1.54, 1.807) is 6.07 Å². The molecule has 3 rings (SSSR count). The van der Waals surface area contributed by atoms with E-state index in [0.717, 1.165) is 21.9 Å². The van der Waals surface area contributed by atoms with Crippen molar-refractivity contribution in [2.45, 2.75) is 17.3 Å². The first-order valence-corrected chi connectivity index (χ1v) is 8.90. The molecule has 0 N–H and O–H groups in total. The zero-order chi connectivity index (χ0) is 16.2. The van der Waals surface area contributed by atoms with Crippen LogP contribution in [0.15, 0.2) is 58.2 Å². The minimum absolute atomic E-state index is 0.210. The molecule has 0 amide bonds. The first-order valence-electron chi connectivity index (χ1n) is 7.12. The first-order chi connectivity index (χ1) is 11.1. The van der Waals surface area contributed by atoms with Crippen molar-refractivity contribution < 1.29 is 4.39 Å². The fraction of sp³-hybridized carbons (Fsp3) is 0.176. The lowest BCUT2D eigenvalue weighted by atomic mass is 10.1. The monoisotopic (exact) mass is 391 g/mol. The van der Waals surface area contributed by atoms with Gasteiger partial charge < -0.3 is 4.57 Å². The average Bonchev–Trinajstić information content (AvgIpc) is 2.88. The van der Waals surface area contributed by atoms with Crippen LogP contribution in [0.5, 0.6) is 0 Å². The number of thioether (sulfide) groups is 1. The number of aromatic nitrogens is 3. The van der Waals surface area contributed by atoms with E-state index in [-0.39, 0.29) is 5.82 Å². The van der Waals surface area contributed by atoms with Crippen LogP contribution in [-0.4, -0.2) is 14.8 Å². The summed E-state index contributed by atoms with van der Waals surface area (Å²) >= 11 is 4.75. The van der Waals surface area contributed by atoms with E-state index in [0.29, 0.717) is 11.3 Å². The van der Waals surface area contributed by atoms with Gasteiger partial charge in [0.05, 0.1) is 0 Å². The Bertz CT molecular complexity index is 805. The van der Waals surface area contributed by atoms with Crippen molar-refractivity contribution in [2.24, 2.45) is 7.05 Å². The molecule has 118 valence electrons. The van der Waals surface area contributed by atoms with Crippen LogP contribution in [0.25, 0.3) is 0 Å². The van der Waals surface area contributed by atoms with Gasteiger partial charge >= 0.3 is 0 Å². The molecule has 0 spiro atoms. The average molecular weight is 392 g/mol. The van der Waals surface area contributed by atoms with E-state index >= 15 is 0 Å². The second-order valence-corrected chi connectivity index (χ2v) is 7.00. The fourth-order valence-electron chi connectivity index (χ4n) is 2.18. The number of hydrogen-bond donors (Lipinski definition) is 0. The van der Waals surface area contributed by atoms with E-state index in [1.165, 1.54) is 23.4 Å². The maximum atomic E-state index is 13.9. The van der Waals surface area contributed by atoms with E-state index < -0.39 is 0 Å². The van der Waals surface area contributed by atoms with E-state index in [4.69, 9.17) is 0 Å². The van der Waals surface area contributed by atoms with Crippen LogP contribution in [0.4, 0.5) is 4.39 Å². The van der Waals surface area contributed by atoms with Crippen molar-refractivity contribution in [1.29, 1.82) is 0 Å². The summed E-state index contributed by atoms with van der Waals surface area (Å²) in [5, 5.41) is 9.26. The Labute approximate surface area is 147 Å². The molecule has 0 unspecified atom stereocenters. The largest absolute Gasteiger partial charge is 0.309 e. The van der Waals surface area contributed by atoms with Crippen molar-refractivity contribution in [1.82, 2.24) is 14.8 Å². The quantitative estimate of drug-likeness (QED) is 0.595. The minimum Gasteiger partial charge on any atom is -0.309 e. The van der Waals surface area contributed by atoms with Gasteiger partial charge in [0.2, 0.25) is 0 Å². The van der Waals surface area contributed by atoms with Gasteiger partial charge in [0, 0.05) is 23.7 Å². The molecule has 0 aliphatic heterocycles. The summed E-state index contributed by atoms with van der Waals surface area (Å²) in [5.41, 5.74) is 1.85. The maximum absolute atomic E-state index is 13.9. The van der Waals surface area contributed by atoms with Gasteiger partial charge in [-0.05, 0) is 23.3 Å². The van der Waals surface area contributed by atoms with Crippen LogP contribution in [0, 0.1) is 5.82 Å². The van der Waals surface area contributed by atoms with Crippen LogP contribution in [0.3, 0.4) is 0 Å². The molecular formula is C17H15BrFN3S. The Morgan fingerprint density at radius 2 is 1.91 bits per heavy atom. The SMILES string of the molecule is Cn1c(Cc2ccccc2)nnc1SCc1ccc(Br)cc1F. The van der Waals surface area contributed by atoms with Gasteiger partial charge in [0.1, 0.15) is 11.6 Å². The second-order valence-electron chi connectivity index (χ2n) is 5.14. The zero-order valence-electron chi connectivity index (χ0n) is 12.5. The van der Waals surface area contributed by atoms with Crippen LogP contribution < -0.4 is 0 Å². The molecule has 0 saturated heterocycles. The van der Waals surface area contributed by atoms with E-state index in [9.17, 15) is 4.39 Å². The molecule has 0 atom stereocenters. The Morgan fingerprint density at radius 1 is 1.13 bits per heavy atom. The predicted molar refractivity (Wildman–Crippen MR) is 93.9 cm³/mol. The van der Waals surface area contributed by atoms with Crippen LogP contribution in [0.1, 0.15) is 17.0 Å². The molecule has 1 heterocycles. The molecule has 23 heavy (non-hydrogen) atoms. The molecule has 0 aliphatic carbocycles. The number of hydrogen-bond acceptors (Lipinski definition) is 3. The Balaban J connectivity index is 1.69. The summed E-state index contributed by atoms with van der Waals surface area (Å²) in [7, 11) is 1.94. The van der Waals surface area contributed by atoms with Gasteiger partial charge in [0.15, 0.2) is 5.16 Å². The molecule has 6 heteroatoms. The Morgan fingerprint density at radius 3 is 2.65 bits per heavy atom. The zero-order valence-corrected chi connectivity index (χ0v) is 14.9. The Hall–Kier alpha value is -1.66. The van der Waals surface area contributed by atoms with Crippen molar-refractivity contribution in [3.05, 3.63) is 75.8 Å².